The summed E-state index contributed by atoms with van der Waals surface area (Å²) >= 11 is 6.08. The molecule has 2 fully saturated rings. The standard InChI is InChI=1S/C26H23ClN2O5S/c27-20-13-11-19(12-14-20)24-22(15-16-28(24)35(32,33)21-9-5-2-6-10-21)25(30)29-23(17-34-26(29)31)18-7-3-1-4-8-18/h1-14,22-24H,15-17H2/t22-,23-,24-/m1/s1. The molecule has 3 atom stereocenters. The molecule has 7 nitrogen and oxygen atoms in total. The molecule has 2 heterocycles. The summed E-state index contributed by atoms with van der Waals surface area (Å²) in [4.78, 5) is 27.8. The van der Waals surface area contributed by atoms with Gasteiger partial charge in [-0.3, -0.25) is 4.79 Å². The van der Waals surface area contributed by atoms with Crippen molar-refractivity contribution in [3.8, 4) is 0 Å². The molecule has 0 spiro atoms. The number of carbonyl (C=O) groups excluding carboxylic acids is 2. The molecule has 2 aliphatic heterocycles. The van der Waals surface area contributed by atoms with Gasteiger partial charge in [0.05, 0.1) is 16.9 Å². The lowest BCUT2D eigenvalue weighted by atomic mass is 9.92. The number of cyclic esters (lactones) is 1. The van der Waals surface area contributed by atoms with Crippen molar-refractivity contribution in [2.24, 2.45) is 5.92 Å². The second-order valence-corrected chi connectivity index (χ2v) is 10.9. The van der Waals surface area contributed by atoms with E-state index in [9.17, 15) is 18.0 Å². The van der Waals surface area contributed by atoms with E-state index in [1.54, 1.807) is 42.5 Å². The van der Waals surface area contributed by atoms with Crippen LogP contribution in [0.25, 0.3) is 0 Å². The maximum atomic E-state index is 13.9. The second-order valence-electron chi connectivity index (χ2n) is 8.53. The average molecular weight is 511 g/mol. The normalized spacial score (nSPS) is 22.8. The second kappa shape index (κ2) is 9.45. The van der Waals surface area contributed by atoms with Gasteiger partial charge in [0.1, 0.15) is 12.6 Å². The Hall–Kier alpha value is -3.20. The molecule has 2 amide bonds. The third-order valence-corrected chi connectivity index (χ3v) is 8.67. The van der Waals surface area contributed by atoms with Crippen molar-refractivity contribution >= 4 is 33.6 Å². The summed E-state index contributed by atoms with van der Waals surface area (Å²) in [6.07, 6.45) is -0.452. The van der Waals surface area contributed by atoms with Crippen LogP contribution in [0.3, 0.4) is 0 Å². The summed E-state index contributed by atoms with van der Waals surface area (Å²) in [5.74, 6) is -1.22. The molecule has 0 aliphatic carbocycles. The van der Waals surface area contributed by atoms with E-state index in [2.05, 4.69) is 0 Å². The van der Waals surface area contributed by atoms with Crippen LogP contribution in [0.5, 0.6) is 0 Å². The first-order valence-corrected chi connectivity index (χ1v) is 13.1. The van der Waals surface area contributed by atoms with Crippen LogP contribution in [0.1, 0.15) is 29.6 Å². The highest BCUT2D eigenvalue weighted by Crippen LogP contribution is 2.43. The Morgan fingerprint density at radius 3 is 2.17 bits per heavy atom. The minimum atomic E-state index is -3.90. The SMILES string of the molecule is O=C1OC[C@H](c2ccccc2)N1C(=O)[C@@H]1CCN(S(=O)(=O)c2ccccc2)[C@@H]1c1ccc(Cl)cc1. The zero-order valence-corrected chi connectivity index (χ0v) is 20.2. The number of sulfonamides is 1. The molecule has 3 aromatic carbocycles. The summed E-state index contributed by atoms with van der Waals surface area (Å²) in [6.45, 7) is 0.193. The molecular formula is C26H23ClN2O5S. The topological polar surface area (TPSA) is 84.0 Å². The van der Waals surface area contributed by atoms with Crippen LogP contribution in [-0.4, -0.2) is 42.8 Å². The first-order valence-electron chi connectivity index (χ1n) is 11.2. The number of hydrogen-bond acceptors (Lipinski definition) is 5. The molecule has 2 saturated heterocycles. The summed E-state index contributed by atoms with van der Waals surface area (Å²) in [5.41, 5.74) is 1.41. The summed E-state index contributed by atoms with van der Waals surface area (Å²) in [6, 6.07) is 22.8. The molecular weight excluding hydrogens is 488 g/mol. The van der Waals surface area contributed by atoms with E-state index in [0.717, 1.165) is 10.5 Å². The van der Waals surface area contributed by atoms with Crippen molar-refractivity contribution in [2.45, 2.75) is 23.4 Å². The van der Waals surface area contributed by atoms with Crippen LogP contribution in [0, 0.1) is 5.92 Å². The Morgan fingerprint density at radius 1 is 0.886 bits per heavy atom. The molecule has 5 rings (SSSR count). The van der Waals surface area contributed by atoms with Crippen LogP contribution in [-0.2, 0) is 19.6 Å². The van der Waals surface area contributed by atoms with Crippen molar-refractivity contribution in [1.82, 2.24) is 9.21 Å². The smallest absolute Gasteiger partial charge is 0.417 e. The van der Waals surface area contributed by atoms with E-state index in [0.29, 0.717) is 10.6 Å². The average Bonchev–Trinajstić information content (AvgIpc) is 3.50. The van der Waals surface area contributed by atoms with Crippen molar-refractivity contribution in [2.75, 3.05) is 13.2 Å². The van der Waals surface area contributed by atoms with Gasteiger partial charge in [-0.15, -0.1) is 0 Å². The minimum absolute atomic E-state index is 0.0545. The molecule has 0 saturated carbocycles. The largest absolute Gasteiger partial charge is 0.446 e. The predicted molar refractivity (Wildman–Crippen MR) is 130 cm³/mol. The number of carbonyl (C=O) groups is 2. The Balaban J connectivity index is 1.54. The molecule has 0 aromatic heterocycles. The maximum absolute atomic E-state index is 13.9. The van der Waals surface area contributed by atoms with Gasteiger partial charge in [-0.1, -0.05) is 72.3 Å². The lowest BCUT2D eigenvalue weighted by Crippen LogP contribution is -2.41. The number of amides is 2. The first-order chi connectivity index (χ1) is 16.9. The zero-order chi connectivity index (χ0) is 24.6. The molecule has 2 aliphatic rings. The van der Waals surface area contributed by atoms with Crippen molar-refractivity contribution < 1.29 is 22.7 Å². The third-order valence-electron chi connectivity index (χ3n) is 6.53. The Bertz CT molecular complexity index is 1330. The maximum Gasteiger partial charge on any atom is 0.417 e. The Labute approximate surface area is 208 Å². The number of rotatable bonds is 5. The van der Waals surface area contributed by atoms with Gasteiger partial charge in [0.25, 0.3) is 0 Å². The molecule has 9 heteroatoms. The molecule has 35 heavy (non-hydrogen) atoms. The van der Waals surface area contributed by atoms with Crippen LogP contribution in [0.2, 0.25) is 5.02 Å². The van der Waals surface area contributed by atoms with Crippen molar-refractivity contribution in [3.05, 3.63) is 101 Å². The summed E-state index contributed by atoms with van der Waals surface area (Å²) in [5, 5.41) is 0.499. The number of halogens is 1. The number of ether oxygens (including phenoxy) is 1. The highest BCUT2D eigenvalue weighted by Gasteiger charge is 2.50. The van der Waals surface area contributed by atoms with E-state index >= 15 is 0 Å². The van der Waals surface area contributed by atoms with Crippen molar-refractivity contribution in [3.63, 3.8) is 0 Å². The van der Waals surface area contributed by atoms with Gasteiger partial charge < -0.3 is 4.74 Å². The minimum Gasteiger partial charge on any atom is -0.446 e. The van der Waals surface area contributed by atoms with Crippen molar-refractivity contribution in [1.29, 1.82) is 0 Å². The fraction of sp³-hybridized carbons (Fsp3) is 0.231. The van der Waals surface area contributed by atoms with Crippen LogP contribution >= 0.6 is 11.6 Å². The Kier molecular flexibility index (Phi) is 6.35. The number of nitrogens with zero attached hydrogens (tertiary/aromatic N) is 2. The Morgan fingerprint density at radius 2 is 1.51 bits per heavy atom. The van der Waals surface area contributed by atoms with Crippen LogP contribution < -0.4 is 0 Å². The number of benzene rings is 3. The van der Waals surface area contributed by atoms with Crippen LogP contribution in [0.15, 0.2) is 89.8 Å². The number of imide groups is 1. The molecule has 180 valence electrons. The van der Waals surface area contributed by atoms with Gasteiger partial charge in [-0.2, -0.15) is 4.31 Å². The fourth-order valence-corrected chi connectivity index (χ4v) is 6.65. The van der Waals surface area contributed by atoms with Gasteiger partial charge in [0.2, 0.25) is 15.9 Å². The molecule has 3 aromatic rings. The van der Waals surface area contributed by atoms with E-state index in [-0.39, 0.29) is 24.5 Å². The van der Waals surface area contributed by atoms with Gasteiger partial charge in [-0.05, 0) is 41.8 Å². The third kappa shape index (κ3) is 4.33. The predicted octanol–water partition coefficient (Wildman–Crippen LogP) is 4.81. The lowest BCUT2D eigenvalue weighted by Gasteiger charge is -2.30. The molecule has 0 unspecified atom stereocenters. The van der Waals surface area contributed by atoms with Crippen LogP contribution in [0.4, 0.5) is 4.79 Å². The van der Waals surface area contributed by atoms with Gasteiger partial charge in [0, 0.05) is 11.6 Å². The summed E-state index contributed by atoms with van der Waals surface area (Å²) < 4.78 is 33.8. The first kappa shape index (κ1) is 23.5. The zero-order valence-electron chi connectivity index (χ0n) is 18.7. The quantitative estimate of drug-likeness (QED) is 0.491. The molecule has 0 radical (unpaired) electrons. The highest BCUT2D eigenvalue weighted by molar-refractivity contribution is 7.89. The fourth-order valence-electron chi connectivity index (χ4n) is 4.84. The van der Waals surface area contributed by atoms with E-state index < -0.39 is 40.0 Å². The monoisotopic (exact) mass is 510 g/mol. The lowest BCUT2D eigenvalue weighted by molar-refractivity contribution is -0.134. The van der Waals surface area contributed by atoms with E-state index in [1.165, 1.54) is 16.4 Å². The van der Waals surface area contributed by atoms with Gasteiger partial charge >= 0.3 is 6.09 Å². The molecule has 0 N–H and O–H groups in total. The summed E-state index contributed by atoms with van der Waals surface area (Å²) in [7, 11) is -3.90. The molecule has 0 bridgehead atoms. The van der Waals surface area contributed by atoms with Gasteiger partial charge in [0.15, 0.2) is 0 Å². The number of hydrogen-bond donors (Lipinski definition) is 0. The highest BCUT2D eigenvalue weighted by atomic mass is 35.5. The van der Waals surface area contributed by atoms with E-state index in [4.69, 9.17) is 16.3 Å². The van der Waals surface area contributed by atoms with Gasteiger partial charge in [-0.25, -0.2) is 18.1 Å². The van der Waals surface area contributed by atoms with E-state index in [1.807, 2.05) is 30.3 Å².